The first kappa shape index (κ1) is 14.2. The summed E-state index contributed by atoms with van der Waals surface area (Å²) in [5.41, 5.74) is 1.12. The summed E-state index contributed by atoms with van der Waals surface area (Å²) in [7, 11) is 1.77. The van der Waals surface area contributed by atoms with Gasteiger partial charge in [-0.15, -0.1) is 0 Å². The Labute approximate surface area is 128 Å². The van der Waals surface area contributed by atoms with Crippen LogP contribution >= 0.6 is 11.3 Å². The fraction of sp³-hybridized carbons (Fsp3) is 0.375. The van der Waals surface area contributed by atoms with Gasteiger partial charge in [-0.2, -0.15) is 0 Å². The number of benzene rings is 1. The van der Waals surface area contributed by atoms with E-state index in [2.05, 4.69) is 11.9 Å². The summed E-state index contributed by atoms with van der Waals surface area (Å²) in [5, 5.41) is 0.710. The first-order chi connectivity index (χ1) is 10.2. The number of carbonyl (C=O) groups excluding carboxylic acids is 1. The van der Waals surface area contributed by atoms with E-state index in [-0.39, 0.29) is 17.9 Å². The zero-order valence-electron chi connectivity index (χ0n) is 12.2. The molecule has 2 aromatic rings. The van der Waals surface area contributed by atoms with Gasteiger partial charge in [0.15, 0.2) is 5.13 Å². The van der Waals surface area contributed by atoms with Crippen LogP contribution in [0.15, 0.2) is 36.5 Å². The summed E-state index contributed by atoms with van der Waals surface area (Å²) >= 11 is 1.52. The predicted molar refractivity (Wildman–Crippen MR) is 84.5 cm³/mol. The van der Waals surface area contributed by atoms with Crippen LogP contribution in [-0.4, -0.2) is 30.6 Å². The first-order valence-corrected chi connectivity index (χ1v) is 7.89. The van der Waals surface area contributed by atoms with Gasteiger partial charge >= 0.3 is 0 Å². The monoisotopic (exact) mass is 302 g/mol. The molecular formula is C16H18N2O2S. The predicted octanol–water partition coefficient (Wildman–Crippen LogP) is 3.20. The van der Waals surface area contributed by atoms with Crippen molar-refractivity contribution >= 4 is 22.4 Å². The minimum absolute atomic E-state index is 0.00559. The topological polar surface area (TPSA) is 42.4 Å². The van der Waals surface area contributed by atoms with Crippen molar-refractivity contribution in [1.82, 2.24) is 4.98 Å². The normalized spacial score (nSPS) is 21.4. The second-order valence-electron chi connectivity index (χ2n) is 5.33. The van der Waals surface area contributed by atoms with Crippen molar-refractivity contribution in [2.24, 2.45) is 5.92 Å². The van der Waals surface area contributed by atoms with E-state index in [1.54, 1.807) is 11.9 Å². The van der Waals surface area contributed by atoms with Gasteiger partial charge in [0.2, 0.25) is 0 Å². The van der Waals surface area contributed by atoms with Crippen LogP contribution < -0.4 is 4.90 Å². The molecule has 1 fully saturated rings. The summed E-state index contributed by atoms with van der Waals surface area (Å²) in [6, 6.07) is 10.1. The smallest absolute Gasteiger partial charge is 0.257 e. The maximum absolute atomic E-state index is 12.5. The Hall–Kier alpha value is -1.72. The van der Waals surface area contributed by atoms with E-state index in [1.165, 1.54) is 11.3 Å². The van der Waals surface area contributed by atoms with E-state index in [9.17, 15) is 4.79 Å². The molecule has 4 nitrogen and oxygen atoms in total. The first-order valence-electron chi connectivity index (χ1n) is 7.07. The van der Waals surface area contributed by atoms with Gasteiger partial charge in [-0.25, -0.2) is 4.98 Å². The number of ether oxygens (including phenoxy) is 1. The van der Waals surface area contributed by atoms with Gasteiger partial charge in [0.1, 0.15) is 6.10 Å². The lowest BCUT2D eigenvalue weighted by molar-refractivity contribution is -0.128. The Morgan fingerprint density at radius 1 is 1.38 bits per heavy atom. The van der Waals surface area contributed by atoms with E-state index in [4.69, 9.17) is 4.74 Å². The second kappa shape index (κ2) is 5.95. The zero-order valence-corrected chi connectivity index (χ0v) is 13.0. The molecule has 0 saturated carbocycles. The molecule has 0 aliphatic carbocycles. The number of likely N-dealkylation sites (N-methyl/N-ethyl adjacent to an activating group) is 1. The summed E-state index contributed by atoms with van der Waals surface area (Å²) in [6.45, 7) is 2.72. The highest BCUT2D eigenvalue weighted by Gasteiger charge is 2.34. The largest absolute Gasteiger partial charge is 0.368 e. The molecule has 0 unspecified atom stereocenters. The molecule has 110 valence electrons. The number of carbonyl (C=O) groups is 1. The molecular weight excluding hydrogens is 284 g/mol. The highest BCUT2D eigenvalue weighted by atomic mass is 32.1. The lowest BCUT2D eigenvalue weighted by Crippen LogP contribution is -2.38. The minimum atomic E-state index is -0.334. The molecule has 1 aliphatic heterocycles. The molecule has 1 saturated heterocycles. The van der Waals surface area contributed by atoms with Crippen LogP contribution in [-0.2, 0) is 9.53 Å². The zero-order chi connectivity index (χ0) is 14.8. The van der Waals surface area contributed by atoms with Gasteiger partial charge < -0.3 is 4.74 Å². The van der Waals surface area contributed by atoms with Crippen molar-refractivity contribution in [2.45, 2.75) is 19.4 Å². The number of anilines is 1. The van der Waals surface area contributed by atoms with Gasteiger partial charge in [-0.1, -0.05) is 48.6 Å². The molecule has 1 aromatic carbocycles. The van der Waals surface area contributed by atoms with Crippen molar-refractivity contribution in [2.75, 3.05) is 18.6 Å². The number of nitrogens with zero attached hydrogens (tertiary/aromatic N) is 2. The third kappa shape index (κ3) is 2.84. The number of aromatic nitrogens is 1. The standard InChI is InChI=1S/C16H18N2O2S/c1-11-8-9-20-14(11)15(19)18(2)16-17-10-13(21-16)12-6-4-3-5-7-12/h3-7,10-11,14H,8-9H2,1-2H3/t11-,14+/m1/s1. The van der Waals surface area contributed by atoms with Gasteiger partial charge in [-0.05, 0) is 17.9 Å². The van der Waals surface area contributed by atoms with Crippen LogP contribution in [0.4, 0.5) is 5.13 Å². The Morgan fingerprint density at radius 2 is 2.14 bits per heavy atom. The lowest BCUT2D eigenvalue weighted by Gasteiger charge is -2.20. The molecule has 0 radical (unpaired) electrons. The molecule has 2 atom stereocenters. The van der Waals surface area contributed by atoms with Crippen molar-refractivity contribution in [3.05, 3.63) is 36.5 Å². The third-order valence-electron chi connectivity index (χ3n) is 3.80. The molecule has 1 amide bonds. The maximum atomic E-state index is 12.5. The molecule has 0 spiro atoms. The van der Waals surface area contributed by atoms with Crippen molar-refractivity contribution < 1.29 is 9.53 Å². The molecule has 1 aliphatic rings. The highest BCUT2D eigenvalue weighted by molar-refractivity contribution is 7.19. The summed E-state index contributed by atoms with van der Waals surface area (Å²) in [5.74, 6) is 0.266. The Bertz CT molecular complexity index is 626. The molecule has 1 aromatic heterocycles. The molecule has 2 heterocycles. The molecule has 21 heavy (non-hydrogen) atoms. The van der Waals surface area contributed by atoms with E-state index >= 15 is 0 Å². The lowest BCUT2D eigenvalue weighted by atomic mass is 10.0. The SMILES string of the molecule is C[C@@H]1CCO[C@@H]1C(=O)N(C)c1ncc(-c2ccccc2)s1. The number of hydrogen-bond acceptors (Lipinski definition) is 4. The molecule has 0 N–H and O–H groups in total. The Morgan fingerprint density at radius 3 is 2.81 bits per heavy atom. The number of thiazole rings is 1. The van der Waals surface area contributed by atoms with E-state index in [0.29, 0.717) is 11.7 Å². The van der Waals surface area contributed by atoms with Crippen LogP contribution in [0.2, 0.25) is 0 Å². The summed E-state index contributed by atoms with van der Waals surface area (Å²) in [6.07, 6.45) is 2.43. The number of rotatable bonds is 3. The molecule has 0 bridgehead atoms. The van der Waals surface area contributed by atoms with Crippen molar-refractivity contribution in [1.29, 1.82) is 0 Å². The minimum Gasteiger partial charge on any atom is -0.368 e. The maximum Gasteiger partial charge on any atom is 0.257 e. The van der Waals surface area contributed by atoms with E-state index in [0.717, 1.165) is 16.9 Å². The number of amides is 1. The average molecular weight is 302 g/mol. The second-order valence-corrected chi connectivity index (χ2v) is 6.34. The van der Waals surface area contributed by atoms with Crippen LogP contribution in [0.3, 0.4) is 0 Å². The van der Waals surface area contributed by atoms with Gasteiger partial charge in [0.25, 0.3) is 5.91 Å². The fourth-order valence-corrected chi connectivity index (χ4v) is 3.34. The number of hydrogen-bond donors (Lipinski definition) is 0. The van der Waals surface area contributed by atoms with Crippen LogP contribution in [0.5, 0.6) is 0 Å². The highest BCUT2D eigenvalue weighted by Crippen LogP contribution is 2.32. The van der Waals surface area contributed by atoms with Gasteiger partial charge in [0.05, 0.1) is 4.88 Å². The van der Waals surface area contributed by atoms with Crippen molar-refractivity contribution in [3.8, 4) is 10.4 Å². The summed E-state index contributed by atoms with van der Waals surface area (Å²) < 4.78 is 5.55. The van der Waals surface area contributed by atoms with Gasteiger partial charge in [-0.3, -0.25) is 9.69 Å². The van der Waals surface area contributed by atoms with Crippen LogP contribution in [0.25, 0.3) is 10.4 Å². The quantitative estimate of drug-likeness (QED) is 0.874. The van der Waals surface area contributed by atoms with Gasteiger partial charge in [0, 0.05) is 19.9 Å². The third-order valence-corrected chi connectivity index (χ3v) is 4.92. The van der Waals surface area contributed by atoms with E-state index < -0.39 is 0 Å². The molecule has 3 rings (SSSR count). The Kier molecular flexibility index (Phi) is 4.03. The summed E-state index contributed by atoms with van der Waals surface area (Å²) in [4.78, 5) is 19.5. The average Bonchev–Trinajstić information content (AvgIpc) is 3.15. The van der Waals surface area contributed by atoms with Crippen molar-refractivity contribution in [3.63, 3.8) is 0 Å². The van der Waals surface area contributed by atoms with Crippen LogP contribution in [0, 0.1) is 5.92 Å². The molecule has 5 heteroatoms. The van der Waals surface area contributed by atoms with Crippen LogP contribution in [0.1, 0.15) is 13.3 Å². The fourth-order valence-electron chi connectivity index (χ4n) is 2.45. The van der Waals surface area contributed by atoms with E-state index in [1.807, 2.05) is 36.5 Å². The Balaban J connectivity index is 1.78.